The van der Waals surface area contributed by atoms with E-state index in [1.807, 2.05) is 6.92 Å². The zero-order valence-corrected chi connectivity index (χ0v) is 9.11. The van der Waals surface area contributed by atoms with Crippen LogP contribution in [0.15, 0.2) is 24.3 Å². The molecule has 0 aliphatic carbocycles. The molecule has 0 amide bonds. The Kier molecular flexibility index (Phi) is 2.91. The van der Waals surface area contributed by atoms with E-state index >= 15 is 0 Å². The highest BCUT2D eigenvalue weighted by atomic mass is 15.2. The van der Waals surface area contributed by atoms with Gasteiger partial charge in [0, 0.05) is 12.2 Å². The Hall–Kier alpha value is -1.49. The number of hydrogen-bond donors (Lipinski definition) is 0. The summed E-state index contributed by atoms with van der Waals surface area (Å²) in [5.41, 5.74) is 2.64. The molecule has 2 heteroatoms. The van der Waals surface area contributed by atoms with Gasteiger partial charge in [-0.3, -0.25) is 0 Å². The van der Waals surface area contributed by atoms with Crippen molar-refractivity contribution in [3.63, 3.8) is 0 Å². The summed E-state index contributed by atoms with van der Waals surface area (Å²) in [7, 11) is 0. The van der Waals surface area contributed by atoms with Gasteiger partial charge in [-0.1, -0.05) is 18.2 Å². The Morgan fingerprint density at radius 2 is 2.13 bits per heavy atom. The molecule has 0 bridgehead atoms. The minimum atomic E-state index is -0.0238. The summed E-state index contributed by atoms with van der Waals surface area (Å²) in [5, 5.41) is 9.01. The molecular weight excluding hydrogens is 184 g/mol. The van der Waals surface area contributed by atoms with Crippen molar-refractivity contribution in [1.29, 1.82) is 5.26 Å². The van der Waals surface area contributed by atoms with Crippen molar-refractivity contribution in [1.82, 2.24) is 0 Å². The fraction of sp³-hybridized carbons (Fsp3) is 0.462. The van der Waals surface area contributed by atoms with Gasteiger partial charge in [-0.05, 0) is 37.8 Å². The SMILES string of the molecule is CC(C#N)N1CCCCc2ccccc21. The van der Waals surface area contributed by atoms with Crippen molar-refractivity contribution >= 4 is 5.69 Å². The van der Waals surface area contributed by atoms with Gasteiger partial charge in [-0.25, -0.2) is 0 Å². The summed E-state index contributed by atoms with van der Waals surface area (Å²) in [6.07, 6.45) is 3.55. The second kappa shape index (κ2) is 4.35. The number of fused-ring (bicyclic) bond motifs is 1. The van der Waals surface area contributed by atoms with Gasteiger partial charge < -0.3 is 4.90 Å². The number of nitrogens with zero attached hydrogens (tertiary/aromatic N) is 2. The van der Waals surface area contributed by atoms with Crippen molar-refractivity contribution in [3.8, 4) is 6.07 Å². The van der Waals surface area contributed by atoms with Crippen LogP contribution in [0.3, 0.4) is 0 Å². The number of aryl methyl sites for hydroxylation is 1. The maximum Gasteiger partial charge on any atom is 0.114 e. The molecule has 1 heterocycles. The first-order chi connectivity index (χ1) is 7.33. The molecule has 0 fully saturated rings. The lowest BCUT2D eigenvalue weighted by atomic mass is 10.1. The number of rotatable bonds is 1. The molecule has 1 unspecified atom stereocenters. The predicted octanol–water partition coefficient (Wildman–Crippen LogP) is 2.74. The molecule has 1 aliphatic heterocycles. The number of anilines is 1. The fourth-order valence-corrected chi connectivity index (χ4v) is 2.19. The van der Waals surface area contributed by atoms with E-state index in [0.29, 0.717) is 0 Å². The van der Waals surface area contributed by atoms with Crippen LogP contribution in [-0.2, 0) is 6.42 Å². The summed E-state index contributed by atoms with van der Waals surface area (Å²) in [4.78, 5) is 2.22. The van der Waals surface area contributed by atoms with Crippen molar-refractivity contribution in [2.75, 3.05) is 11.4 Å². The number of nitriles is 1. The second-order valence-electron chi connectivity index (χ2n) is 4.08. The van der Waals surface area contributed by atoms with Gasteiger partial charge in [0.25, 0.3) is 0 Å². The standard InChI is InChI=1S/C13H16N2/c1-11(10-14)15-9-5-4-7-12-6-2-3-8-13(12)15/h2-3,6,8,11H,4-5,7,9H2,1H3. The van der Waals surface area contributed by atoms with Gasteiger partial charge in [-0.2, -0.15) is 5.26 Å². The van der Waals surface area contributed by atoms with Crippen LogP contribution < -0.4 is 4.90 Å². The molecule has 0 radical (unpaired) electrons. The minimum Gasteiger partial charge on any atom is -0.356 e. The van der Waals surface area contributed by atoms with Crippen molar-refractivity contribution < 1.29 is 0 Å². The first-order valence-corrected chi connectivity index (χ1v) is 5.57. The zero-order chi connectivity index (χ0) is 10.7. The van der Waals surface area contributed by atoms with E-state index in [4.69, 9.17) is 5.26 Å². The maximum atomic E-state index is 9.01. The molecule has 78 valence electrons. The Morgan fingerprint density at radius 3 is 2.93 bits per heavy atom. The maximum absolute atomic E-state index is 9.01. The van der Waals surface area contributed by atoms with Crippen LogP contribution in [0.1, 0.15) is 25.3 Å². The first kappa shape index (κ1) is 10.0. The molecule has 2 rings (SSSR count). The molecule has 15 heavy (non-hydrogen) atoms. The van der Waals surface area contributed by atoms with Crippen LogP contribution in [0, 0.1) is 11.3 Å². The van der Waals surface area contributed by atoms with E-state index < -0.39 is 0 Å². The van der Waals surface area contributed by atoms with Crippen LogP contribution in [0.2, 0.25) is 0 Å². The third kappa shape index (κ3) is 1.97. The van der Waals surface area contributed by atoms with Crippen LogP contribution in [-0.4, -0.2) is 12.6 Å². The Bertz CT molecular complexity index is 378. The average molecular weight is 200 g/mol. The van der Waals surface area contributed by atoms with Gasteiger partial charge in [0.15, 0.2) is 0 Å². The molecule has 0 spiro atoms. The summed E-state index contributed by atoms with van der Waals surface area (Å²) < 4.78 is 0. The number of hydrogen-bond acceptors (Lipinski definition) is 2. The molecule has 0 N–H and O–H groups in total. The van der Waals surface area contributed by atoms with E-state index in [9.17, 15) is 0 Å². The highest BCUT2D eigenvalue weighted by Crippen LogP contribution is 2.27. The van der Waals surface area contributed by atoms with Crippen LogP contribution in [0.5, 0.6) is 0 Å². The largest absolute Gasteiger partial charge is 0.356 e. The van der Waals surface area contributed by atoms with E-state index in [2.05, 4.69) is 35.2 Å². The van der Waals surface area contributed by atoms with Crippen molar-refractivity contribution in [2.45, 2.75) is 32.2 Å². The third-order valence-electron chi connectivity index (χ3n) is 3.05. The van der Waals surface area contributed by atoms with E-state index in [1.54, 1.807) is 0 Å². The lowest BCUT2D eigenvalue weighted by Crippen LogP contribution is -2.32. The highest BCUT2D eigenvalue weighted by Gasteiger charge is 2.18. The smallest absolute Gasteiger partial charge is 0.114 e. The molecule has 1 aromatic rings. The van der Waals surface area contributed by atoms with Crippen LogP contribution >= 0.6 is 0 Å². The molecule has 2 nitrogen and oxygen atoms in total. The van der Waals surface area contributed by atoms with Crippen molar-refractivity contribution in [3.05, 3.63) is 29.8 Å². The van der Waals surface area contributed by atoms with Crippen molar-refractivity contribution in [2.24, 2.45) is 0 Å². The van der Waals surface area contributed by atoms with Gasteiger partial charge in [0.1, 0.15) is 6.04 Å². The Morgan fingerprint density at radius 1 is 1.33 bits per heavy atom. The molecular formula is C13H16N2. The number of benzene rings is 1. The quantitative estimate of drug-likeness (QED) is 0.697. The molecule has 1 aromatic carbocycles. The topological polar surface area (TPSA) is 27.0 Å². The fourth-order valence-electron chi connectivity index (χ4n) is 2.19. The van der Waals surface area contributed by atoms with Crippen LogP contribution in [0.25, 0.3) is 0 Å². The normalized spacial score (nSPS) is 17.5. The monoisotopic (exact) mass is 200 g/mol. The lowest BCUT2D eigenvalue weighted by molar-refractivity contribution is 0.689. The minimum absolute atomic E-state index is 0.0238. The summed E-state index contributed by atoms with van der Waals surface area (Å²) in [5.74, 6) is 0. The van der Waals surface area contributed by atoms with Gasteiger partial charge >= 0.3 is 0 Å². The van der Waals surface area contributed by atoms with E-state index in [-0.39, 0.29) is 6.04 Å². The lowest BCUT2D eigenvalue weighted by Gasteiger charge is -2.27. The highest BCUT2D eigenvalue weighted by molar-refractivity contribution is 5.56. The van der Waals surface area contributed by atoms with Gasteiger partial charge in [0.05, 0.1) is 6.07 Å². The summed E-state index contributed by atoms with van der Waals surface area (Å²) >= 11 is 0. The molecule has 0 saturated heterocycles. The van der Waals surface area contributed by atoms with Crippen LogP contribution in [0.4, 0.5) is 5.69 Å². The van der Waals surface area contributed by atoms with E-state index in [1.165, 1.54) is 24.1 Å². The second-order valence-corrected chi connectivity index (χ2v) is 4.08. The summed E-state index contributed by atoms with van der Waals surface area (Å²) in [6, 6.07) is 10.8. The molecule has 1 aliphatic rings. The third-order valence-corrected chi connectivity index (χ3v) is 3.05. The molecule has 0 saturated carbocycles. The number of para-hydroxylation sites is 1. The summed E-state index contributed by atoms with van der Waals surface area (Å²) in [6.45, 7) is 2.98. The molecule has 1 atom stereocenters. The van der Waals surface area contributed by atoms with Gasteiger partial charge in [-0.15, -0.1) is 0 Å². The first-order valence-electron chi connectivity index (χ1n) is 5.57. The predicted molar refractivity (Wildman–Crippen MR) is 61.8 cm³/mol. The average Bonchev–Trinajstić information content (AvgIpc) is 2.50. The van der Waals surface area contributed by atoms with Gasteiger partial charge in [0.2, 0.25) is 0 Å². The Labute approximate surface area is 91.1 Å². The Balaban J connectivity index is 2.38. The zero-order valence-electron chi connectivity index (χ0n) is 9.11. The molecule has 0 aromatic heterocycles. The van der Waals surface area contributed by atoms with E-state index in [0.717, 1.165) is 13.0 Å².